The largest absolute Gasteiger partial charge is 0.351 e. The fourth-order valence-corrected chi connectivity index (χ4v) is 3.07. The van der Waals surface area contributed by atoms with E-state index in [1.165, 1.54) is 22.1 Å². The number of rotatable bonds is 7. The Morgan fingerprint density at radius 2 is 2.00 bits per heavy atom. The molecule has 0 bridgehead atoms. The van der Waals surface area contributed by atoms with Crippen LogP contribution in [0.1, 0.15) is 28.3 Å². The van der Waals surface area contributed by atoms with Crippen LogP contribution in [-0.2, 0) is 6.54 Å². The third kappa shape index (κ3) is 5.17. The molecular formula is C17H19N7O2S. The van der Waals surface area contributed by atoms with Crippen molar-refractivity contribution in [2.45, 2.75) is 26.8 Å². The average Bonchev–Trinajstić information content (AvgIpc) is 3.07. The highest BCUT2D eigenvalue weighted by Gasteiger charge is 2.11. The van der Waals surface area contributed by atoms with Gasteiger partial charge >= 0.3 is 0 Å². The molecule has 0 aromatic carbocycles. The van der Waals surface area contributed by atoms with Crippen LogP contribution in [0.5, 0.6) is 0 Å². The van der Waals surface area contributed by atoms with Gasteiger partial charge < -0.3 is 10.6 Å². The second-order valence-electron chi connectivity index (χ2n) is 5.83. The molecule has 10 heteroatoms. The molecule has 0 aliphatic carbocycles. The second kappa shape index (κ2) is 8.49. The fraction of sp³-hybridized carbons (Fsp3) is 0.294. The molecule has 3 aromatic heterocycles. The minimum Gasteiger partial charge on any atom is -0.351 e. The van der Waals surface area contributed by atoms with Crippen LogP contribution in [0.25, 0.3) is 0 Å². The molecule has 0 saturated carbocycles. The minimum absolute atomic E-state index is 0.160. The molecule has 1 amide bonds. The van der Waals surface area contributed by atoms with E-state index in [0.717, 1.165) is 11.4 Å². The molecule has 9 nitrogen and oxygen atoms in total. The van der Waals surface area contributed by atoms with Crippen molar-refractivity contribution in [3.8, 4) is 0 Å². The van der Waals surface area contributed by atoms with Crippen molar-refractivity contribution in [2.75, 3.05) is 11.9 Å². The smallest absolute Gasteiger partial charge is 0.270 e. The van der Waals surface area contributed by atoms with Crippen molar-refractivity contribution in [1.82, 2.24) is 30.0 Å². The predicted octanol–water partition coefficient (Wildman–Crippen LogP) is 1.67. The Bertz CT molecular complexity index is 978. The number of hydrogen-bond acceptors (Lipinski definition) is 8. The number of aryl methyl sites for hydroxylation is 3. The number of nitrogens with one attached hydrogen (secondary N) is 2. The molecule has 27 heavy (non-hydrogen) atoms. The summed E-state index contributed by atoms with van der Waals surface area (Å²) in [6.45, 7) is 4.63. The highest BCUT2D eigenvalue weighted by molar-refractivity contribution is 7.14. The maximum Gasteiger partial charge on any atom is 0.270 e. The molecule has 0 unspecified atom stereocenters. The van der Waals surface area contributed by atoms with Gasteiger partial charge in [-0.25, -0.2) is 19.6 Å². The molecule has 3 rings (SSSR count). The normalized spacial score (nSPS) is 10.6. The molecular weight excluding hydrogens is 366 g/mol. The van der Waals surface area contributed by atoms with Crippen LogP contribution >= 0.6 is 11.3 Å². The first kappa shape index (κ1) is 18.6. The van der Waals surface area contributed by atoms with Crippen LogP contribution in [-0.4, -0.2) is 37.2 Å². The third-order valence-corrected chi connectivity index (χ3v) is 4.31. The van der Waals surface area contributed by atoms with E-state index in [1.54, 1.807) is 17.6 Å². The molecule has 0 aliphatic heterocycles. The number of nitrogens with zero attached hydrogens (tertiary/aromatic N) is 5. The van der Waals surface area contributed by atoms with Gasteiger partial charge in [0.1, 0.15) is 5.69 Å². The second-order valence-corrected chi connectivity index (χ2v) is 6.69. The van der Waals surface area contributed by atoms with Gasteiger partial charge in [0.05, 0.1) is 0 Å². The summed E-state index contributed by atoms with van der Waals surface area (Å²) in [7, 11) is 0. The number of carbonyl (C=O) groups excluding carboxylic acids is 1. The van der Waals surface area contributed by atoms with Crippen molar-refractivity contribution in [2.24, 2.45) is 0 Å². The zero-order valence-electron chi connectivity index (χ0n) is 15.0. The van der Waals surface area contributed by atoms with E-state index in [9.17, 15) is 9.59 Å². The van der Waals surface area contributed by atoms with E-state index in [4.69, 9.17) is 0 Å². The quantitative estimate of drug-likeness (QED) is 0.595. The summed E-state index contributed by atoms with van der Waals surface area (Å²) in [5.74, 6) is 0.184. The number of thiazole rings is 1. The van der Waals surface area contributed by atoms with Crippen LogP contribution < -0.4 is 16.2 Å². The van der Waals surface area contributed by atoms with Gasteiger partial charge in [0.25, 0.3) is 11.5 Å². The number of anilines is 2. The van der Waals surface area contributed by atoms with E-state index < -0.39 is 0 Å². The lowest BCUT2D eigenvalue weighted by atomic mass is 10.4. The Balaban J connectivity index is 1.51. The van der Waals surface area contributed by atoms with Gasteiger partial charge in [0.2, 0.25) is 5.95 Å². The molecule has 0 aliphatic rings. The highest BCUT2D eigenvalue weighted by atomic mass is 32.1. The fourth-order valence-electron chi connectivity index (χ4n) is 2.39. The van der Waals surface area contributed by atoms with Crippen LogP contribution in [0.3, 0.4) is 0 Å². The topological polar surface area (TPSA) is 115 Å². The van der Waals surface area contributed by atoms with Crippen molar-refractivity contribution in [3.63, 3.8) is 0 Å². The maximum absolute atomic E-state index is 12.2. The third-order valence-electron chi connectivity index (χ3n) is 3.56. The zero-order chi connectivity index (χ0) is 19.2. The lowest BCUT2D eigenvalue weighted by molar-refractivity contribution is 0.0948. The van der Waals surface area contributed by atoms with Crippen LogP contribution in [0.2, 0.25) is 0 Å². The van der Waals surface area contributed by atoms with Gasteiger partial charge in [-0.15, -0.1) is 11.3 Å². The molecule has 0 radical (unpaired) electrons. The van der Waals surface area contributed by atoms with Crippen molar-refractivity contribution in [3.05, 3.63) is 57.2 Å². The van der Waals surface area contributed by atoms with Crippen molar-refractivity contribution < 1.29 is 4.79 Å². The summed E-state index contributed by atoms with van der Waals surface area (Å²) in [5, 5.41) is 12.0. The van der Waals surface area contributed by atoms with E-state index in [1.807, 2.05) is 19.9 Å². The molecule has 0 atom stereocenters. The summed E-state index contributed by atoms with van der Waals surface area (Å²) >= 11 is 1.30. The summed E-state index contributed by atoms with van der Waals surface area (Å²) < 4.78 is 1.36. The lowest BCUT2D eigenvalue weighted by Crippen LogP contribution is -2.27. The summed E-state index contributed by atoms with van der Waals surface area (Å²) in [4.78, 5) is 36.6. The average molecular weight is 385 g/mol. The SMILES string of the molecule is Cc1cc(C)nc(Nc2nc(C(=O)NCCCn3ncccc3=O)cs2)n1. The van der Waals surface area contributed by atoms with Crippen molar-refractivity contribution >= 4 is 28.3 Å². The van der Waals surface area contributed by atoms with Gasteiger partial charge in [0, 0.05) is 42.1 Å². The molecule has 0 fully saturated rings. The Morgan fingerprint density at radius 1 is 1.22 bits per heavy atom. The Kier molecular flexibility index (Phi) is 5.87. The molecule has 0 saturated heterocycles. The number of carbonyl (C=O) groups is 1. The molecule has 3 aromatic rings. The van der Waals surface area contributed by atoms with Gasteiger partial charge in [-0.3, -0.25) is 9.59 Å². The number of aromatic nitrogens is 5. The van der Waals surface area contributed by atoms with E-state index in [-0.39, 0.29) is 11.5 Å². The van der Waals surface area contributed by atoms with E-state index >= 15 is 0 Å². The summed E-state index contributed by atoms with van der Waals surface area (Å²) in [6, 6.07) is 4.93. The zero-order valence-corrected chi connectivity index (χ0v) is 15.8. The van der Waals surface area contributed by atoms with Gasteiger partial charge in [0.15, 0.2) is 5.13 Å². The Hall–Kier alpha value is -3.14. The van der Waals surface area contributed by atoms with Gasteiger partial charge in [-0.1, -0.05) is 0 Å². The lowest BCUT2D eigenvalue weighted by Gasteiger charge is -2.05. The first-order valence-electron chi connectivity index (χ1n) is 8.36. The standard InChI is InChI=1S/C17H19N7O2S/c1-11-9-12(2)21-16(20-11)23-17-22-13(10-27-17)15(26)18-6-4-8-24-14(25)5-3-7-19-24/h3,5,7,9-10H,4,6,8H2,1-2H3,(H,18,26)(H,20,21,22,23). The maximum atomic E-state index is 12.2. The Morgan fingerprint density at radius 3 is 2.74 bits per heavy atom. The Labute approximate surface area is 159 Å². The van der Waals surface area contributed by atoms with Gasteiger partial charge in [-0.2, -0.15) is 5.10 Å². The first-order chi connectivity index (χ1) is 13.0. The molecule has 2 N–H and O–H groups in total. The molecule has 0 spiro atoms. The number of hydrogen-bond donors (Lipinski definition) is 2. The van der Waals surface area contributed by atoms with Crippen LogP contribution in [0.15, 0.2) is 34.6 Å². The van der Waals surface area contributed by atoms with Crippen molar-refractivity contribution in [1.29, 1.82) is 0 Å². The number of amides is 1. The molecule has 3 heterocycles. The minimum atomic E-state index is -0.269. The van der Waals surface area contributed by atoms with Crippen LogP contribution in [0.4, 0.5) is 11.1 Å². The monoisotopic (exact) mass is 385 g/mol. The first-order valence-corrected chi connectivity index (χ1v) is 9.24. The van der Waals surface area contributed by atoms with Gasteiger partial charge in [-0.05, 0) is 32.4 Å². The van der Waals surface area contributed by atoms with Crippen LogP contribution in [0, 0.1) is 13.8 Å². The van der Waals surface area contributed by atoms with E-state index in [0.29, 0.717) is 36.3 Å². The summed E-state index contributed by atoms with van der Waals surface area (Å²) in [5.41, 5.74) is 1.87. The summed E-state index contributed by atoms with van der Waals surface area (Å²) in [6.07, 6.45) is 2.15. The van der Waals surface area contributed by atoms with E-state index in [2.05, 4.69) is 30.7 Å². The highest BCUT2D eigenvalue weighted by Crippen LogP contribution is 2.19. The predicted molar refractivity (Wildman–Crippen MR) is 102 cm³/mol. The molecule has 140 valence electrons.